The summed E-state index contributed by atoms with van der Waals surface area (Å²) in [7, 11) is 0. The van der Waals surface area contributed by atoms with Gasteiger partial charge < -0.3 is 9.73 Å². The van der Waals surface area contributed by atoms with Crippen LogP contribution in [0.15, 0.2) is 64.3 Å². The minimum absolute atomic E-state index is 0.00842. The quantitative estimate of drug-likeness (QED) is 0.569. The van der Waals surface area contributed by atoms with Crippen molar-refractivity contribution in [3.05, 3.63) is 87.8 Å². The molecule has 1 aromatic heterocycles. The Bertz CT molecular complexity index is 1010. The minimum atomic E-state index is -0.646. The van der Waals surface area contributed by atoms with Crippen LogP contribution in [0.5, 0.6) is 0 Å². The summed E-state index contributed by atoms with van der Waals surface area (Å²) in [6, 6.07) is 12.9. The van der Waals surface area contributed by atoms with Gasteiger partial charge in [0.1, 0.15) is 11.1 Å². The monoisotopic (exact) mass is 333 g/mol. The highest BCUT2D eigenvalue weighted by Gasteiger charge is 2.16. The van der Waals surface area contributed by atoms with Gasteiger partial charge in [0.2, 0.25) is 0 Å². The average Bonchev–Trinajstić information content (AvgIpc) is 2.58. The molecule has 0 fully saturated rings. The van der Waals surface area contributed by atoms with Crippen LogP contribution in [0.4, 0.5) is 5.69 Å². The van der Waals surface area contributed by atoms with Crippen LogP contribution in [0.2, 0.25) is 0 Å². The van der Waals surface area contributed by atoms with Crippen molar-refractivity contribution in [3.63, 3.8) is 0 Å². The fourth-order valence-corrected chi connectivity index (χ4v) is 2.87. The van der Waals surface area contributed by atoms with E-state index in [1.807, 2.05) is 50.2 Å². The van der Waals surface area contributed by atoms with Crippen LogP contribution in [0.25, 0.3) is 11.0 Å². The summed E-state index contributed by atoms with van der Waals surface area (Å²) >= 11 is 0. The molecule has 0 unspecified atom stereocenters. The van der Waals surface area contributed by atoms with Gasteiger partial charge >= 0.3 is 5.63 Å². The maximum Gasteiger partial charge on any atom is 0.349 e. The molecule has 0 saturated heterocycles. The summed E-state index contributed by atoms with van der Waals surface area (Å²) in [5.41, 5.74) is 3.30. The number of carbonyl (C=O) groups is 1. The Morgan fingerprint density at radius 1 is 1.16 bits per heavy atom. The zero-order valence-electron chi connectivity index (χ0n) is 14.3. The summed E-state index contributed by atoms with van der Waals surface area (Å²) in [6.45, 7) is 7.53. The topological polar surface area (TPSA) is 59.3 Å². The second-order valence-corrected chi connectivity index (χ2v) is 6.00. The zero-order valence-corrected chi connectivity index (χ0v) is 14.3. The van der Waals surface area contributed by atoms with E-state index in [-0.39, 0.29) is 5.56 Å². The van der Waals surface area contributed by atoms with E-state index in [9.17, 15) is 9.59 Å². The fourth-order valence-electron chi connectivity index (χ4n) is 2.87. The number of anilines is 1. The average molecular weight is 333 g/mol. The first kappa shape index (κ1) is 16.7. The first-order valence-electron chi connectivity index (χ1n) is 8.05. The van der Waals surface area contributed by atoms with Gasteiger partial charge in [0, 0.05) is 11.1 Å². The molecule has 2 aromatic carbocycles. The number of nitrogens with one attached hydrogen (secondary N) is 1. The summed E-state index contributed by atoms with van der Waals surface area (Å²) in [5, 5.41) is 3.54. The van der Waals surface area contributed by atoms with Crippen LogP contribution in [0.3, 0.4) is 0 Å². The molecule has 1 N–H and O–H groups in total. The normalized spacial score (nSPS) is 10.6. The van der Waals surface area contributed by atoms with Crippen molar-refractivity contribution in [2.24, 2.45) is 0 Å². The van der Waals surface area contributed by atoms with E-state index in [1.54, 1.807) is 12.1 Å². The van der Waals surface area contributed by atoms with Crippen molar-refractivity contribution in [1.82, 2.24) is 0 Å². The van der Waals surface area contributed by atoms with Gasteiger partial charge in [-0.25, -0.2) is 4.79 Å². The number of allylic oxidation sites excluding steroid dienone is 1. The predicted molar refractivity (Wildman–Crippen MR) is 100 cm³/mol. The SMILES string of the molecule is C=CCc1cccc2cc(C(=O)Nc3c(C)cccc3C)c(=O)oc12. The minimum Gasteiger partial charge on any atom is -0.422 e. The van der Waals surface area contributed by atoms with Gasteiger partial charge in [-0.1, -0.05) is 42.5 Å². The first-order chi connectivity index (χ1) is 12.0. The Morgan fingerprint density at radius 3 is 2.52 bits per heavy atom. The van der Waals surface area contributed by atoms with Crippen LogP contribution < -0.4 is 10.9 Å². The van der Waals surface area contributed by atoms with Crippen molar-refractivity contribution in [2.45, 2.75) is 20.3 Å². The molecule has 0 radical (unpaired) electrons. The lowest BCUT2D eigenvalue weighted by Gasteiger charge is -2.11. The van der Waals surface area contributed by atoms with Crippen molar-refractivity contribution >= 4 is 22.6 Å². The number of fused-ring (bicyclic) bond motifs is 1. The Labute approximate surface area is 145 Å². The highest BCUT2D eigenvalue weighted by Crippen LogP contribution is 2.22. The third kappa shape index (κ3) is 3.24. The maximum absolute atomic E-state index is 12.6. The number of para-hydroxylation sites is 2. The van der Waals surface area contributed by atoms with Gasteiger partial charge in [0.15, 0.2) is 0 Å². The highest BCUT2D eigenvalue weighted by molar-refractivity contribution is 6.06. The largest absolute Gasteiger partial charge is 0.422 e. The molecule has 0 aliphatic carbocycles. The molecule has 4 heteroatoms. The molecule has 1 heterocycles. The van der Waals surface area contributed by atoms with Crippen molar-refractivity contribution in [3.8, 4) is 0 Å². The molecular formula is C21H19NO3. The Hall–Kier alpha value is -3.14. The number of aryl methyl sites for hydroxylation is 2. The third-order valence-electron chi connectivity index (χ3n) is 4.17. The molecule has 1 amide bonds. The molecule has 3 aromatic rings. The number of hydrogen-bond acceptors (Lipinski definition) is 3. The van der Waals surface area contributed by atoms with E-state index >= 15 is 0 Å². The molecule has 0 saturated carbocycles. The van der Waals surface area contributed by atoms with Gasteiger partial charge in [-0.05, 0) is 43.0 Å². The Kier molecular flexibility index (Phi) is 4.52. The standard InChI is InChI=1S/C21H19NO3/c1-4-7-15-10-6-11-16-12-17(21(24)25-19(15)16)20(23)22-18-13(2)8-5-9-14(18)3/h4-6,8-12H,1,7H2,2-3H3,(H,22,23). The maximum atomic E-state index is 12.6. The Morgan fingerprint density at radius 2 is 1.84 bits per heavy atom. The van der Waals surface area contributed by atoms with E-state index in [0.717, 1.165) is 16.7 Å². The van der Waals surface area contributed by atoms with Crippen molar-refractivity contribution in [2.75, 3.05) is 5.32 Å². The van der Waals surface area contributed by atoms with Crippen molar-refractivity contribution in [1.29, 1.82) is 0 Å². The zero-order chi connectivity index (χ0) is 18.0. The van der Waals surface area contributed by atoms with E-state index in [0.29, 0.717) is 23.1 Å². The number of rotatable bonds is 4. The summed E-state index contributed by atoms with van der Waals surface area (Å²) < 4.78 is 5.43. The van der Waals surface area contributed by atoms with Crippen molar-refractivity contribution < 1.29 is 9.21 Å². The van der Waals surface area contributed by atoms with Gasteiger partial charge in [0.05, 0.1) is 0 Å². The molecule has 3 rings (SSSR count). The second-order valence-electron chi connectivity index (χ2n) is 6.00. The van der Waals surface area contributed by atoms with E-state index < -0.39 is 11.5 Å². The van der Waals surface area contributed by atoms with E-state index in [2.05, 4.69) is 11.9 Å². The summed E-state index contributed by atoms with van der Waals surface area (Å²) in [5.74, 6) is -0.470. The molecule has 126 valence electrons. The lowest BCUT2D eigenvalue weighted by Crippen LogP contribution is -2.21. The molecule has 0 aliphatic heterocycles. The van der Waals surface area contributed by atoms with Crippen LogP contribution in [0, 0.1) is 13.8 Å². The molecule has 0 spiro atoms. The molecule has 4 nitrogen and oxygen atoms in total. The molecular weight excluding hydrogens is 314 g/mol. The number of benzene rings is 2. The highest BCUT2D eigenvalue weighted by atomic mass is 16.4. The second kappa shape index (κ2) is 6.77. The van der Waals surface area contributed by atoms with E-state index in [4.69, 9.17) is 4.42 Å². The van der Waals surface area contributed by atoms with Crippen LogP contribution in [0.1, 0.15) is 27.0 Å². The van der Waals surface area contributed by atoms with Gasteiger partial charge in [0.25, 0.3) is 5.91 Å². The van der Waals surface area contributed by atoms with Gasteiger partial charge in [-0.2, -0.15) is 0 Å². The number of hydrogen-bond donors (Lipinski definition) is 1. The number of amides is 1. The van der Waals surface area contributed by atoms with Crippen LogP contribution in [-0.4, -0.2) is 5.91 Å². The van der Waals surface area contributed by atoms with Crippen LogP contribution >= 0.6 is 0 Å². The smallest absolute Gasteiger partial charge is 0.349 e. The fraction of sp³-hybridized carbons (Fsp3) is 0.143. The summed E-state index contributed by atoms with van der Waals surface area (Å²) in [6.07, 6.45) is 2.34. The number of carbonyl (C=O) groups excluding carboxylic acids is 1. The predicted octanol–water partition coefficient (Wildman–Crippen LogP) is 4.39. The molecule has 25 heavy (non-hydrogen) atoms. The molecule has 0 atom stereocenters. The lowest BCUT2D eigenvalue weighted by molar-refractivity contribution is 0.102. The summed E-state index contributed by atoms with van der Waals surface area (Å²) in [4.78, 5) is 24.9. The molecule has 0 aliphatic rings. The Balaban J connectivity index is 2.04. The van der Waals surface area contributed by atoms with Crippen LogP contribution in [-0.2, 0) is 6.42 Å². The van der Waals surface area contributed by atoms with Gasteiger partial charge in [-0.3, -0.25) is 4.79 Å². The van der Waals surface area contributed by atoms with E-state index in [1.165, 1.54) is 0 Å². The lowest BCUT2D eigenvalue weighted by atomic mass is 10.1. The van der Waals surface area contributed by atoms with Gasteiger partial charge in [-0.15, -0.1) is 6.58 Å². The first-order valence-corrected chi connectivity index (χ1v) is 8.05. The molecule has 0 bridgehead atoms. The third-order valence-corrected chi connectivity index (χ3v) is 4.17.